The third-order valence-corrected chi connectivity index (χ3v) is 7.74. The summed E-state index contributed by atoms with van der Waals surface area (Å²) in [5, 5.41) is 11.5. The number of amides is 1. The second kappa shape index (κ2) is 9.11. The molecule has 0 atom stereocenters. The molecule has 1 aromatic heterocycles. The van der Waals surface area contributed by atoms with Crippen LogP contribution in [0, 0.1) is 6.92 Å². The van der Waals surface area contributed by atoms with Crippen LogP contribution in [0.5, 0.6) is 0 Å². The summed E-state index contributed by atoms with van der Waals surface area (Å²) < 4.78 is 32.5. The van der Waals surface area contributed by atoms with Gasteiger partial charge in [0.15, 0.2) is 4.34 Å². The van der Waals surface area contributed by atoms with Crippen LogP contribution in [0.3, 0.4) is 0 Å². The van der Waals surface area contributed by atoms with E-state index < -0.39 is 10.0 Å². The van der Waals surface area contributed by atoms with Crippen molar-refractivity contribution in [3.05, 3.63) is 34.8 Å². The topological polar surface area (TPSA) is 101 Å². The smallest absolute Gasteiger partial charge is 0.243 e. The van der Waals surface area contributed by atoms with E-state index in [4.69, 9.17) is 4.74 Å². The first kappa shape index (κ1) is 20.2. The van der Waals surface area contributed by atoms with E-state index in [0.29, 0.717) is 32.8 Å². The highest BCUT2D eigenvalue weighted by molar-refractivity contribution is 8.01. The second-order valence-electron chi connectivity index (χ2n) is 5.81. The van der Waals surface area contributed by atoms with Gasteiger partial charge in [0, 0.05) is 19.6 Å². The van der Waals surface area contributed by atoms with Crippen molar-refractivity contribution in [3.8, 4) is 0 Å². The van der Waals surface area contributed by atoms with Crippen LogP contribution >= 0.6 is 23.1 Å². The normalized spacial score (nSPS) is 15.6. The molecule has 0 bridgehead atoms. The van der Waals surface area contributed by atoms with Crippen LogP contribution in [-0.2, 0) is 26.1 Å². The number of aryl methyl sites for hydroxylation is 1. The Morgan fingerprint density at radius 3 is 2.59 bits per heavy atom. The molecule has 2 heterocycles. The van der Waals surface area contributed by atoms with E-state index in [2.05, 4.69) is 15.5 Å². The lowest BCUT2D eigenvalue weighted by molar-refractivity contribution is -0.118. The first-order valence-corrected chi connectivity index (χ1v) is 11.6. The Kier molecular flexibility index (Phi) is 6.82. The maximum atomic E-state index is 12.6. The van der Waals surface area contributed by atoms with Gasteiger partial charge in [0.05, 0.1) is 23.9 Å². The maximum absolute atomic E-state index is 12.6. The summed E-state index contributed by atoms with van der Waals surface area (Å²) in [6, 6.07) is 6.58. The first-order valence-electron chi connectivity index (χ1n) is 8.31. The highest BCUT2D eigenvalue weighted by Gasteiger charge is 2.26. The number of thioether (sulfide) groups is 1. The average Bonchev–Trinajstić information content (AvgIpc) is 3.11. The minimum absolute atomic E-state index is 0.113. The molecule has 1 N–H and O–H groups in total. The Balaban J connectivity index is 1.50. The van der Waals surface area contributed by atoms with Crippen molar-refractivity contribution in [2.45, 2.75) is 22.7 Å². The lowest BCUT2D eigenvalue weighted by Gasteiger charge is -2.26. The van der Waals surface area contributed by atoms with E-state index in [1.54, 1.807) is 24.3 Å². The Labute approximate surface area is 166 Å². The average molecular weight is 429 g/mol. The summed E-state index contributed by atoms with van der Waals surface area (Å²) in [6.45, 7) is 3.77. The number of ether oxygens (including phenoxy) is 1. The van der Waals surface area contributed by atoms with Crippen LogP contribution in [0.1, 0.15) is 10.6 Å². The van der Waals surface area contributed by atoms with Crippen LogP contribution in [0.25, 0.3) is 0 Å². The van der Waals surface area contributed by atoms with E-state index in [-0.39, 0.29) is 16.6 Å². The highest BCUT2D eigenvalue weighted by atomic mass is 32.2. The van der Waals surface area contributed by atoms with Crippen molar-refractivity contribution < 1.29 is 17.9 Å². The maximum Gasteiger partial charge on any atom is 0.243 e. The zero-order chi connectivity index (χ0) is 19.3. The van der Waals surface area contributed by atoms with Gasteiger partial charge in [0.25, 0.3) is 0 Å². The fourth-order valence-corrected chi connectivity index (χ4v) is 5.48. The SMILES string of the molecule is Cc1nnc(SCC(=O)NCc2ccc(S(=O)(=O)N3CCOCC3)cc2)s1. The van der Waals surface area contributed by atoms with Crippen LogP contribution in [0.4, 0.5) is 0 Å². The number of carbonyl (C=O) groups is 1. The van der Waals surface area contributed by atoms with Gasteiger partial charge < -0.3 is 10.1 Å². The van der Waals surface area contributed by atoms with E-state index >= 15 is 0 Å². The molecule has 1 aliphatic heterocycles. The van der Waals surface area contributed by atoms with Gasteiger partial charge in [-0.05, 0) is 24.6 Å². The standard InChI is InChI=1S/C16H20N4O4S3/c1-12-18-19-16(26-12)25-11-15(21)17-10-13-2-4-14(5-3-13)27(22,23)20-6-8-24-9-7-20/h2-5H,6-11H2,1H3,(H,17,21). The molecule has 0 aliphatic carbocycles. The molecule has 0 spiro atoms. The lowest BCUT2D eigenvalue weighted by Crippen LogP contribution is -2.40. The monoisotopic (exact) mass is 428 g/mol. The first-order chi connectivity index (χ1) is 12.9. The third kappa shape index (κ3) is 5.48. The number of carbonyl (C=O) groups excluding carboxylic acids is 1. The molecular weight excluding hydrogens is 408 g/mol. The van der Waals surface area contributed by atoms with Gasteiger partial charge in [-0.2, -0.15) is 4.31 Å². The quantitative estimate of drug-likeness (QED) is 0.663. The number of morpholine rings is 1. The molecule has 1 amide bonds. The molecule has 0 saturated carbocycles. The summed E-state index contributed by atoms with van der Waals surface area (Å²) in [7, 11) is -3.50. The molecule has 1 saturated heterocycles. The predicted molar refractivity (Wildman–Crippen MR) is 103 cm³/mol. The van der Waals surface area contributed by atoms with Crippen molar-refractivity contribution in [1.29, 1.82) is 0 Å². The molecule has 1 fully saturated rings. The van der Waals surface area contributed by atoms with Crippen LogP contribution < -0.4 is 5.32 Å². The number of benzene rings is 1. The summed E-state index contributed by atoms with van der Waals surface area (Å²) >= 11 is 2.80. The fraction of sp³-hybridized carbons (Fsp3) is 0.438. The summed E-state index contributed by atoms with van der Waals surface area (Å²) in [4.78, 5) is 12.2. The predicted octanol–water partition coefficient (Wildman–Crippen LogP) is 1.28. The van der Waals surface area contributed by atoms with Gasteiger partial charge in [-0.15, -0.1) is 10.2 Å². The number of nitrogens with zero attached hydrogens (tertiary/aromatic N) is 3. The zero-order valence-corrected chi connectivity index (χ0v) is 17.2. The second-order valence-corrected chi connectivity index (χ2v) is 10.2. The molecule has 146 valence electrons. The number of sulfonamides is 1. The van der Waals surface area contributed by atoms with Gasteiger partial charge >= 0.3 is 0 Å². The number of rotatable bonds is 7. The van der Waals surface area contributed by atoms with Gasteiger partial charge in [-0.3, -0.25) is 4.79 Å². The Bertz CT molecular complexity index is 877. The fourth-order valence-electron chi connectivity index (χ4n) is 2.43. The Morgan fingerprint density at radius 2 is 1.96 bits per heavy atom. The summed E-state index contributed by atoms with van der Waals surface area (Å²) in [6.07, 6.45) is 0. The third-order valence-electron chi connectivity index (χ3n) is 3.86. The van der Waals surface area contributed by atoms with E-state index in [1.807, 2.05) is 6.92 Å². The molecule has 0 unspecified atom stereocenters. The molecule has 3 rings (SSSR count). The molecule has 0 radical (unpaired) electrons. The van der Waals surface area contributed by atoms with E-state index in [0.717, 1.165) is 14.9 Å². The lowest BCUT2D eigenvalue weighted by atomic mass is 10.2. The molecule has 27 heavy (non-hydrogen) atoms. The Hall–Kier alpha value is -1.53. The number of aromatic nitrogens is 2. The van der Waals surface area contributed by atoms with Crippen molar-refractivity contribution >= 4 is 39.0 Å². The molecule has 8 nitrogen and oxygen atoms in total. The Morgan fingerprint density at radius 1 is 1.26 bits per heavy atom. The van der Waals surface area contributed by atoms with Gasteiger partial charge in [0.1, 0.15) is 5.01 Å². The summed E-state index contributed by atoms with van der Waals surface area (Å²) in [5.41, 5.74) is 0.834. The molecule has 2 aromatic rings. The number of hydrogen-bond acceptors (Lipinski definition) is 8. The van der Waals surface area contributed by atoms with Gasteiger partial charge in [-0.1, -0.05) is 35.2 Å². The van der Waals surface area contributed by atoms with Gasteiger partial charge in [-0.25, -0.2) is 8.42 Å². The summed E-state index contributed by atoms with van der Waals surface area (Å²) in [5.74, 6) is 0.149. The molecule has 1 aliphatic rings. The minimum atomic E-state index is -3.50. The van der Waals surface area contributed by atoms with Crippen LogP contribution in [0.15, 0.2) is 33.5 Å². The van der Waals surface area contributed by atoms with Crippen molar-refractivity contribution in [1.82, 2.24) is 19.8 Å². The molecule has 11 heteroatoms. The minimum Gasteiger partial charge on any atom is -0.379 e. The van der Waals surface area contributed by atoms with Crippen molar-refractivity contribution in [2.75, 3.05) is 32.1 Å². The van der Waals surface area contributed by atoms with Crippen LogP contribution in [-0.4, -0.2) is 60.9 Å². The highest BCUT2D eigenvalue weighted by Crippen LogP contribution is 2.21. The van der Waals surface area contributed by atoms with E-state index in [9.17, 15) is 13.2 Å². The molecule has 1 aromatic carbocycles. The number of nitrogens with one attached hydrogen (secondary N) is 1. The van der Waals surface area contributed by atoms with Crippen molar-refractivity contribution in [3.63, 3.8) is 0 Å². The largest absolute Gasteiger partial charge is 0.379 e. The number of hydrogen-bond donors (Lipinski definition) is 1. The van der Waals surface area contributed by atoms with Crippen LogP contribution in [0.2, 0.25) is 0 Å². The van der Waals surface area contributed by atoms with Gasteiger partial charge in [0.2, 0.25) is 15.9 Å². The van der Waals surface area contributed by atoms with E-state index in [1.165, 1.54) is 27.4 Å². The zero-order valence-electron chi connectivity index (χ0n) is 14.8. The van der Waals surface area contributed by atoms with Crippen molar-refractivity contribution in [2.24, 2.45) is 0 Å². The molecular formula is C16H20N4O4S3.